The number of carbonyl (C=O) groups is 1. The van der Waals surface area contributed by atoms with E-state index in [2.05, 4.69) is 44.5 Å². The minimum atomic E-state index is -0.433. The smallest absolute Gasteiger partial charge is 0.225 e. The van der Waals surface area contributed by atoms with Crippen LogP contribution in [0.5, 0.6) is 0 Å². The summed E-state index contributed by atoms with van der Waals surface area (Å²) >= 11 is 0. The van der Waals surface area contributed by atoms with Crippen molar-refractivity contribution >= 4 is 16.8 Å². The number of hydrogen-bond donors (Lipinski definition) is 1. The molecule has 1 N–H and O–H groups in total. The van der Waals surface area contributed by atoms with Gasteiger partial charge in [-0.15, -0.1) is 0 Å². The van der Waals surface area contributed by atoms with Crippen LogP contribution in [0.1, 0.15) is 50.9 Å². The normalized spacial score (nSPS) is 18.6. The third-order valence-corrected chi connectivity index (χ3v) is 6.12. The van der Waals surface area contributed by atoms with E-state index in [1.807, 2.05) is 57.4 Å². The summed E-state index contributed by atoms with van der Waals surface area (Å²) in [7, 11) is 0. The molecule has 0 bridgehead atoms. The number of nitrogens with zero attached hydrogens (tertiary/aromatic N) is 3. The van der Waals surface area contributed by atoms with Crippen molar-refractivity contribution in [3.05, 3.63) is 72.2 Å². The number of fused-ring (bicyclic) bond motifs is 1. The van der Waals surface area contributed by atoms with Crippen LogP contribution in [0.3, 0.4) is 0 Å². The van der Waals surface area contributed by atoms with Gasteiger partial charge in [0, 0.05) is 36.3 Å². The highest BCUT2D eigenvalue weighted by molar-refractivity contribution is 5.82. The average Bonchev–Trinajstić information content (AvgIpc) is 2.78. The lowest BCUT2D eigenvalue weighted by Crippen LogP contribution is -2.45. The highest BCUT2D eigenvalue weighted by Crippen LogP contribution is 2.31. The molecule has 0 radical (unpaired) electrons. The molecule has 2 aromatic heterocycles. The monoisotopic (exact) mass is 416 g/mol. The van der Waals surface area contributed by atoms with Crippen molar-refractivity contribution in [1.29, 1.82) is 0 Å². The molecule has 1 fully saturated rings. The summed E-state index contributed by atoms with van der Waals surface area (Å²) in [5, 5.41) is 4.54. The van der Waals surface area contributed by atoms with Crippen LogP contribution in [0.25, 0.3) is 10.9 Å². The summed E-state index contributed by atoms with van der Waals surface area (Å²) in [5.74, 6) is 0.392. The molecule has 1 aliphatic rings. The Hall–Kier alpha value is -2.79. The van der Waals surface area contributed by atoms with Crippen LogP contribution < -0.4 is 5.32 Å². The van der Waals surface area contributed by atoms with Gasteiger partial charge in [0.2, 0.25) is 5.91 Å². The highest BCUT2D eigenvalue weighted by Gasteiger charge is 2.33. The fourth-order valence-electron chi connectivity index (χ4n) is 4.40. The number of benzene rings is 1. The van der Waals surface area contributed by atoms with Crippen molar-refractivity contribution in [1.82, 2.24) is 20.2 Å². The van der Waals surface area contributed by atoms with E-state index in [4.69, 9.17) is 0 Å². The molecule has 2 unspecified atom stereocenters. The maximum absolute atomic E-state index is 12.9. The Kier molecular flexibility index (Phi) is 6.33. The Morgan fingerprint density at radius 2 is 1.94 bits per heavy atom. The van der Waals surface area contributed by atoms with Crippen molar-refractivity contribution < 1.29 is 4.79 Å². The molecule has 0 spiro atoms. The molecular weight excluding hydrogens is 384 g/mol. The molecule has 5 heteroatoms. The zero-order valence-electron chi connectivity index (χ0n) is 18.7. The number of piperidine rings is 1. The van der Waals surface area contributed by atoms with Crippen molar-refractivity contribution in [2.75, 3.05) is 13.1 Å². The number of likely N-dealkylation sites (tertiary alicyclic amines) is 1. The van der Waals surface area contributed by atoms with E-state index in [0.29, 0.717) is 5.92 Å². The first-order chi connectivity index (χ1) is 14.9. The molecule has 0 aliphatic carbocycles. The van der Waals surface area contributed by atoms with Crippen molar-refractivity contribution in [3.8, 4) is 0 Å². The van der Waals surface area contributed by atoms with Gasteiger partial charge in [-0.05, 0) is 55.1 Å². The Morgan fingerprint density at radius 3 is 2.71 bits per heavy atom. The lowest BCUT2D eigenvalue weighted by molar-refractivity contribution is -0.130. The van der Waals surface area contributed by atoms with Crippen LogP contribution in [0.4, 0.5) is 0 Å². The summed E-state index contributed by atoms with van der Waals surface area (Å²) in [6.45, 7) is 8.76. The molecule has 1 aliphatic heterocycles. The van der Waals surface area contributed by atoms with Gasteiger partial charge in [-0.2, -0.15) is 0 Å². The molecule has 162 valence electrons. The molecule has 1 aromatic carbocycles. The summed E-state index contributed by atoms with van der Waals surface area (Å²) < 4.78 is 0. The molecule has 5 nitrogen and oxygen atoms in total. The first-order valence-electron chi connectivity index (χ1n) is 11.2. The summed E-state index contributed by atoms with van der Waals surface area (Å²) in [6.07, 6.45) is 5.86. The standard InChI is InChI=1S/C26H32N4O/c1-26(2,3)25(31)29-24(23-12-4-5-14-28-23)20-10-8-16-30(18-20)17-19-9-6-13-22-21(19)11-7-15-27-22/h4-7,9,11-15,20,24H,8,10,16-18H2,1-3H3,(H,29,31). The molecule has 1 amide bonds. The summed E-state index contributed by atoms with van der Waals surface area (Å²) in [5.41, 5.74) is 2.86. The topological polar surface area (TPSA) is 58.1 Å². The van der Waals surface area contributed by atoms with Gasteiger partial charge in [0.1, 0.15) is 0 Å². The molecular formula is C26H32N4O. The zero-order chi connectivity index (χ0) is 21.8. The summed E-state index contributed by atoms with van der Waals surface area (Å²) in [4.78, 5) is 24.5. The van der Waals surface area contributed by atoms with Crippen LogP contribution in [0.15, 0.2) is 60.9 Å². The largest absolute Gasteiger partial charge is 0.347 e. The second-order valence-corrected chi connectivity index (χ2v) is 9.58. The quantitative estimate of drug-likeness (QED) is 0.652. The van der Waals surface area contributed by atoms with Gasteiger partial charge >= 0.3 is 0 Å². The Labute approximate surface area is 184 Å². The number of rotatable bonds is 5. The van der Waals surface area contributed by atoms with Crippen LogP contribution in [-0.4, -0.2) is 33.9 Å². The average molecular weight is 417 g/mol. The Bertz CT molecular complexity index is 1020. The molecule has 31 heavy (non-hydrogen) atoms. The van der Waals surface area contributed by atoms with Gasteiger partial charge in [-0.1, -0.05) is 45.0 Å². The van der Waals surface area contributed by atoms with E-state index >= 15 is 0 Å². The van der Waals surface area contributed by atoms with Crippen LogP contribution in [0.2, 0.25) is 0 Å². The Balaban J connectivity index is 1.55. The molecule has 3 aromatic rings. The van der Waals surface area contributed by atoms with Crippen LogP contribution in [0, 0.1) is 11.3 Å². The van der Waals surface area contributed by atoms with Gasteiger partial charge in [0.15, 0.2) is 0 Å². The number of pyridine rings is 2. The first kappa shape index (κ1) is 21.4. The molecule has 3 heterocycles. The van der Waals surface area contributed by atoms with E-state index < -0.39 is 5.41 Å². The van der Waals surface area contributed by atoms with Gasteiger partial charge in [-0.3, -0.25) is 19.7 Å². The second kappa shape index (κ2) is 9.15. The van der Waals surface area contributed by atoms with Gasteiger partial charge in [-0.25, -0.2) is 0 Å². The third kappa shape index (κ3) is 5.10. The number of aromatic nitrogens is 2. The predicted octanol–water partition coefficient (Wildman–Crippen LogP) is 4.75. The third-order valence-electron chi connectivity index (χ3n) is 6.12. The van der Waals surface area contributed by atoms with E-state index in [0.717, 1.165) is 43.7 Å². The lowest BCUT2D eigenvalue weighted by Gasteiger charge is -2.38. The maximum atomic E-state index is 12.9. The fraction of sp³-hybridized carbons (Fsp3) is 0.423. The number of amides is 1. The number of nitrogens with one attached hydrogen (secondary N) is 1. The number of hydrogen-bond acceptors (Lipinski definition) is 4. The highest BCUT2D eigenvalue weighted by atomic mass is 16.2. The van der Waals surface area contributed by atoms with Crippen LogP contribution >= 0.6 is 0 Å². The van der Waals surface area contributed by atoms with Crippen LogP contribution in [-0.2, 0) is 11.3 Å². The maximum Gasteiger partial charge on any atom is 0.225 e. The van der Waals surface area contributed by atoms with Crippen molar-refractivity contribution in [2.24, 2.45) is 11.3 Å². The predicted molar refractivity (Wildman–Crippen MR) is 124 cm³/mol. The van der Waals surface area contributed by atoms with E-state index in [1.54, 1.807) is 0 Å². The van der Waals surface area contributed by atoms with E-state index in [9.17, 15) is 4.79 Å². The summed E-state index contributed by atoms with van der Waals surface area (Å²) in [6, 6.07) is 16.4. The van der Waals surface area contributed by atoms with Crippen molar-refractivity contribution in [2.45, 2.75) is 46.2 Å². The van der Waals surface area contributed by atoms with E-state index in [-0.39, 0.29) is 11.9 Å². The minimum absolute atomic E-state index is 0.0698. The van der Waals surface area contributed by atoms with Gasteiger partial charge in [0.05, 0.1) is 17.3 Å². The Morgan fingerprint density at radius 1 is 1.10 bits per heavy atom. The minimum Gasteiger partial charge on any atom is -0.347 e. The molecule has 4 rings (SSSR count). The molecule has 2 atom stereocenters. The first-order valence-corrected chi connectivity index (χ1v) is 11.2. The zero-order valence-corrected chi connectivity index (χ0v) is 18.7. The number of carbonyl (C=O) groups excluding carboxylic acids is 1. The van der Waals surface area contributed by atoms with Crippen molar-refractivity contribution in [3.63, 3.8) is 0 Å². The molecule has 0 saturated carbocycles. The lowest BCUT2D eigenvalue weighted by atomic mass is 9.86. The molecule has 1 saturated heterocycles. The SMILES string of the molecule is CC(C)(C)C(=O)NC(c1ccccn1)C1CCCN(Cc2cccc3ncccc23)C1. The van der Waals surface area contributed by atoms with Gasteiger partial charge in [0.25, 0.3) is 0 Å². The fourth-order valence-corrected chi connectivity index (χ4v) is 4.40. The second-order valence-electron chi connectivity index (χ2n) is 9.58. The van der Waals surface area contributed by atoms with Gasteiger partial charge < -0.3 is 5.32 Å². The van der Waals surface area contributed by atoms with E-state index in [1.165, 1.54) is 10.9 Å².